The molecule has 1 fully saturated rings. The summed E-state index contributed by atoms with van der Waals surface area (Å²) in [7, 11) is 1.81. The number of hydrogen-bond acceptors (Lipinski definition) is 5. The first-order chi connectivity index (χ1) is 7.81. The summed E-state index contributed by atoms with van der Waals surface area (Å²) in [5.74, 6) is 0.577. The Morgan fingerprint density at radius 1 is 1.56 bits per heavy atom. The average Bonchev–Trinajstić information content (AvgIpc) is 2.78. The maximum absolute atomic E-state index is 11.9. The maximum atomic E-state index is 11.9. The van der Waals surface area contributed by atoms with E-state index in [2.05, 4.69) is 10.5 Å². The zero-order valence-electron chi connectivity index (χ0n) is 9.23. The molecular formula is C10H15N3O3. The van der Waals surface area contributed by atoms with Crippen molar-refractivity contribution in [2.45, 2.75) is 6.54 Å². The van der Waals surface area contributed by atoms with Crippen LogP contribution in [-0.4, -0.2) is 49.3 Å². The first kappa shape index (κ1) is 11.1. The van der Waals surface area contributed by atoms with Crippen molar-refractivity contribution in [1.82, 2.24) is 15.4 Å². The third-order valence-electron chi connectivity index (χ3n) is 2.43. The molecule has 88 valence electrons. The van der Waals surface area contributed by atoms with Crippen LogP contribution in [0.4, 0.5) is 0 Å². The molecule has 6 heteroatoms. The Morgan fingerprint density at radius 3 is 3.00 bits per heavy atom. The minimum absolute atomic E-state index is 0.0885. The number of amides is 1. The third kappa shape index (κ3) is 2.40. The summed E-state index contributed by atoms with van der Waals surface area (Å²) < 4.78 is 10.2. The standard InChI is InChI=1S/C10H15N3O3/c1-11-7-8-6-9(12-16-8)10(14)13-2-4-15-5-3-13/h6,11H,2-5,7H2,1H3. The lowest BCUT2D eigenvalue weighted by Crippen LogP contribution is -2.40. The molecule has 1 aliphatic heterocycles. The van der Waals surface area contributed by atoms with Crippen LogP contribution in [0.3, 0.4) is 0 Å². The van der Waals surface area contributed by atoms with Gasteiger partial charge in [0.05, 0.1) is 19.8 Å². The van der Waals surface area contributed by atoms with Crippen LogP contribution in [0.1, 0.15) is 16.2 Å². The number of nitrogens with one attached hydrogen (secondary N) is 1. The zero-order valence-corrected chi connectivity index (χ0v) is 9.23. The van der Waals surface area contributed by atoms with Crippen LogP contribution < -0.4 is 5.32 Å². The number of hydrogen-bond donors (Lipinski definition) is 1. The van der Waals surface area contributed by atoms with Gasteiger partial charge in [0.2, 0.25) is 0 Å². The van der Waals surface area contributed by atoms with Crippen LogP contribution in [-0.2, 0) is 11.3 Å². The van der Waals surface area contributed by atoms with Crippen molar-refractivity contribution in [3.8, 4) is 0 Å². The second-order valence-corrected chi connectivity index (χ2v) is 3.61. The Labute approximate surface area is 93.5 Å². The van der Waals surface area contributed by atoms with Gasteiger partial charge in [0, 0.05) is 19.2 Å². The predicted molar refractivity (Wildman–Crippen MR) is 56.0 cm³/mol. The van der Waals surface area contributed by atoms with Gasteiger partial charge >= 0.3 is 0 Å². The van der Waals surface area contributed by atoms with E-state index in [1.165, 1.54) is 0 Å². The molecule has 2 heterocycles. The average molecular weight is 225 g/mol. The fraction of sp³-hybridized carbons (Fsp3) is 0.600. The van der Waals surface area contributed by atoms with E-state index < -0.39 is 0 Å². The van der Waals surface area contributed by atoms with Gasteiger partial charge in [0.15, 0.2) is 11.5 Å². The smallest absolute Gasteiger partial charge is 0.276 e. The van der Waals surface area contributed by atoms with Crippen molar-refractivity contribution in [2.75, 3.05) is 33.4 Å². The first-order valence-corrected chi connectivity index (χ1v) is 5.28. The number of rotatable bonds is 3. The largest absolute Gasteiger partial charge is 0.378 e. The highest BCUT2D eigenvalue weighted by molar-refractivity contribution is 5.92. The molecule has 0 atom stereocenters. The van der Waals surface area contributed by atoms with E-state index in [0.717, 1.165) is 0 Å². The molecule has 0 aromatic carbocycles. The monoisotopic (exact) mass is 225 g/mol. The summed E-state index contributed by atoms with van der Waals surface area (Å²) in [5.41, 5.74) is 0.368. The molecule has 1 amide bonds. The summed E-state index contributed by atoms with van der Waals surface area (Å²) in [6.07, 6.45) is 0. The molecule has 1 aromatic rings. The van der Waals surface area contributed by atoms with Crippen LogP contribution >= 0.6 is 0 Å². The van der Waals surface area contributed by atoms with Gasteiger partial charge < -0.3 is 19.5 Å². The van der Waals surface area contributed by atoms with Gasteiger partial charge in [-0.2, -0.15) is 0 Å². The molecular weight excluding hydrogens is 210 g/mol. The minimum Gasteiger partial charge on any atom is -0.378 e. The minimum atomic E-state index is -0.0885. The summed E-state index contributed by atoms with van der Waals surface area (Å²) >= 11 is 0. The van der Waals surface area contributed by atoms with Gasteiger partial charge in [-0.1, -0.05) is 5.16 Å². The van der Waals surface area contributed by atoms with Crippen LogP contribution in [0.2, 0.25) is 0 Å². The molecule has 6 nitrogen and oxygen atoms in total. The van der Waals surface area contributed by atoms with Gasteiger partial charge in [-0.25, -0.2) is 0 Å². The highest BCUT2D eigenvalue weighted by Gasteiger charge is 2.21. The Bertz CT molecular complexity index is 358. The molecule has 1 aromatic heterocycles. The number of ether oxygens (including phenoxy) is 1. The van der Waals surface area contributed by atoms with E-state index in [0.29, 0.717) is 44.3 Å². The lowest BCUT2D eigenvalue weighted by Gasteiger charge is -2.25. The van der Waals surface area contributed by atoms with Gasteiger partial charge in [-0.05, 0) is 7.05 Å². The highest BCUT2D eigenvalue weighted by Crippen LogP contribution is 2.08. The lowest BCUT2D eigenvalue weighted by molar-refractivity contribution is 0.0296. The van der Waals surface area contributed by atoms with Crippen molar-refractivity contribution >= 4 is 5.91 Å². The molecule has 0 radical (unpaired) electrons. The maximum Gasteiger partial charge on any atom is 0.276 e. The fourth-order valence-electron chi connectivity index (χ4n) is 1.60. The zero-order chi connectivity index (χ0) is 11.4. The number of carbonyl (C=O) groups is 1. The topological polar surface area (TPSA) is 67.6 Å². The molecule has 0 aliphatic carbocycles. The van der Waals surface area contributed by atoms with Crippen molar-refractivity contribution in [2.24, 2.45) is 0 Å². The van der Waals surface area contributed by atoms with Crippen LogP contribution in [0, 0.1) is 0 Å². The summed E-state index contributed by atoms with van der Waals surface area (Å²) in [6.45, 7) is 2.99. The van der Waals surface area contributed by atoms with Crippen molar-refractivity contribution in [3.63, 3.8) is 0 Å². The number of morpholine rings is 1. The van der Waals surface area contributed by atoms with Crippen LogP contribution in [0.5, 0.6) is 0 Å². The SMILES string of the molecule is CNCc1cc(C(=O)N2CCOCC2)no1. The molecule has 16 heavy (non-hydrogen) atoms. The number of carbonyl (C=O) groups excluding carboxylic acids is 1. The summed E-state index contributed by atoms with van der Waals surface area (Å²) in [6, 6.07) is 1.67. The summed E-state index contributed by atoms with van der Waals surface area (Å²) in [5, 5.41) is 6.70. The van der Waals surface area contributed by atoms with E-state index in [1.807, 2.05) is 7.05 Å². The van der Waals surface area contributed by atoms with Gasteiger partial charge in [-0.15, -0.1) is 0 Å². The van der Waals surface area contributed by atoms with E-state index in [9.17, 15) is 4.79 Å². The number of aromatic nitrogens is 1. The molecule has 0 unspecified atom stereocenters. The van der Waals surface area contributed by atoms with E-state index >= 15 is 0 Å². The Kier molecular flexibility index (Phi) is 3.53. The fourth-order valence-corrected chi connectivity index (χ4v) is 1.60. The molecule has 1 saturated heterocycles. The third-order valence-corrected chi connectivity index (χ3v) is 2.43. The van der Waals surface area contributed by atoms with Gasteiger partial charge in [-0.3, -0.25) is 4.79 Å². The molecule has 0 spiro atoms. The first-order valence-electron chi connectivity index (χ1n) is 5.28. The van der Waals surface area contributed by atoms with Crippen molar-refractivity contribution in [1.29, 1.82) is 0 Å². The summed E-state index contributed by atoms with van der Waals surface area (Å²) in [4.78, 5) is 13.7. The second-order valence-electron chi connectivity index (χ2n) is 3.61. The van der Waals surface area contributed by atoms with Crippen molar-refractivity contribution < 1.29 is 14.1 Å². The molecule has 2 rings (SSSR count). The van der Waals surface area contributed by atoms with E-state index in [-0.39, 0.29) is 5.91 Å². The van der Waals surface area contributed by atoms with Crippen molar-refractivity contribution in [3.05, 3.63) is 17.5 Å². The lowest BCUT2D eigenvalue weighted by atomic mass is 10.3. The highest BCUT2D eigenvalue weighted by atomic mass is 16.5. The Hall–Kier alpha value is -1.40. The van der Waals surface area contributed by atoms with E-state index in [4.69, 9.17) is 9.26 Å². The van der Waals surface area contributed by atoms with Gasteiger partial charge in [0.25, 0.3) is 5.91 Å². The quantitative estimate of drug-likeness (QED) is 0.776. The Morgan fingerprint density at radius 2 is 2.31 bits per heavy atom. The molecule has 0 saturated carbocycles. The Balaban J connectivity index is 2.01. The normalized spacial score (nSPS) is 16.4. The molecule has 1 aliphatic rings. The van der Waals surface area contributed by atoms with E-state index in [1.54, 1.807) is 11.0 Å². The predicted octanol–water partition coefficient (Wildman–Crippen LogP) is -0.134. The van der Waals surface area contributed by atoms with Gasteiger partial charge in [0.1, 0.15) is 0 Å². The van der Waals surface area contributed by atoms with Crippen LogP contribution in [0.25, 0.3) is 0 Å². The number of nitrogens with zero attached hydrogens (tertiary/aromatic N) is 2. The van der Waals surface area contributed by atoms with Crippen LogP contribution in [0.15, 0.2) is 10.6 Å². The second kappa shape index (κ2) is 5.09. The molecule has 0 bridgehead atoms. The molecule has 1 N–H and O–H groups in total.